The number of hydrogen-bond acceptors (Lipinski definition) is 10. The van der Waals surface area contributed by atoms with Gasteiger partial charge in [-0.3, -0.25) is 0 Å². The lowest BCUT2D eigenvalue weighted by Crippen LogP contribution is -2.43. The van der Waals surface area contributed by atoms with Crippen molar-refractivity contribution < 1.29 is 31.8 Å². The molecule has 3 fully saturated rings. The Labute approximate surface area is 243 Å². The molecule has 5 rings (SSSR count). The molecule has 4 N–H and O–H groups in total. The van der Waals surface area contributed by atoms with Gasteiger partial charge in [0.1, 0.15) is 17.9 Å². The summed E-state index contributed by atoms with van der Waals surface area (Å²) in [7, 11) is -1.32. The van der Waals surface area contributed by atoms with Crippen molar-refractivity contribution in [2.24, 2.45) is 0 Å². The Morgan fingerprint density at radius 3 is 2.54 bits per heavy atom. The number of halogens is 2. The lowest BCUT2D eigenvalue weighted by atomic mass is 10.1. The van der Waals surface area contributed by atoms with E-state index < -0.39 is 63.9 Å². The maximum atomic E-state index is 14.0. The van der Waals surface area contributed by atoms with Gasteiger partial charge in [-0.25, -0.2) is 23.1 Å². The third kappa shape index (κ3) is 5.84. The number of aliphatic hydroxyl groups is 1. The molecule has 1 aromatic carbocycles. The van der Waals surface area contributed by atoms with Gasteiger partial charge in [0.15, 0.2) is 34.2 Å². The second-order valence-electron chi connectivity index (χ2n) is 11.2. The fourth-order valence-corrected chi connectivity index (χ4v) is 7.38. The molecular weight excluding hydrogens is 578 g/mol. The Balaban J connectivity index is 1.54. The molecule has 0 radical (unpaired) electrons. The summed E-state index contributed by atoms with van der Waals surface area (Å²) in [4.78, 5) is 9.20. The number of aliphatic hydroxyl groups excluding tert-OH is 1. The zero-order chi connectivity index (χ0) is 29.9. The fraction of sp³-hybridized carbons (Fsp3) is 0.615. The van der Waals surface area contributed by atoms with Crippen molar-refractivity contribution in [3.63, 3.8) is 0 Å². The molecule has 226 valence electrons. The van der Waals surface area contributed by atoms with E-state index in [0.29, 0.717) is 29.3 Å². The summed E-state index contributed by atoms with van der Waals surface area (Å²) in [5, 5.41) is 14.2. The first-order chi connectivity index (χ1) is 19.2. The molecule has 3 aliphatic rings. The lowest BCUT2D eigenvalue weighted by Gasteiger charge is -2.29. The highest BCUT2D eigenvalue weighted by molar-refractivity contribution is 7.99. The van der Waals surface area contributed by atoms with E-state index in [-0.39, 0.29) is 17.3 Å². The van der Waals surface area contributed by atoms with E-state index in [4.69, 9.17) is 15.2 Å². The number of nitrogens with one attached hydrogen (secondary N) is 1. The summed E-state index contributed by atoms with van der Waals surface area (Å²) in [6.45, 7) is 5.55. The molecule has 0 amide bonds. The smallest absolute Gasteiger partial charge is 0.305 e. The number of ether oxygens (including phenoxy) is 2. The molecule has 6 atom stereocenters. The molecule has 0 unspecified atom stereocenters. The number of hydrogen-bond donors (Lipinski definition) is 3. The van der Waals surface area contributed by atoms with Crippen molar-refractivity contribution in [1.82, 2.24) is 14.3 Å². The van der Waals surface area contributed by atoms with Gasteiger partial charge in [0.25, 0.3) is 0 Å². The summed E-state index contributed by atoms with van der Waals surface area (Å²) < 4.78 is 69.2. The molecule has 0 bridgehead atoms. The molecule has 1 saturated heterocycles. The Morgan fingerprint density at radius 2 is 1.88 bits per heavy atom. The van der Waals surface area contributed by atoms with E-state index in [9.17, 15) is 22.3 Å². The second kappa shape index (κ2) is 11.1. The first-order valence-electron chi connectivity index (χ1n) is 13.5. The van der Waals surface area contributed by atoms with Crippen LogP contribution in [0.5, 0.6) is 0 Å². The Kier molecular flexibility index (Phi) is 8.15. The van der Waals surface area contributed by atoms with Crippen LogP contribution in [0.1, 0.15) is 51.5 Å². The number of nitrogen functional groups attached to an aromatic ring is 1. The number of nitrogens with zero attached hydrogens (tertiary/aromatic N) is 4. The quantitative estimate of drug-likeness (QED) is 0.270. The van der Waals surface area contributed by atoms with Gasteiger partial charge in [0.2, 0.25) is 0 Å². The van der Waals surface area contributed by atoms with E-state index in [1.807, 2.05) is 6.92 Å². The minimum Gasteiger partial charge on any atom is -0.393 e. The molecule has 1 aliphatic heterocycles. The summed E-state index contributed by atoms with van der Waals surface area (Å²) in [5.74, 6) is -2.36. The second-order valence-corrected chi connectivity index (χ2v) is 14.3. The number of rotatable bonds is 10. The van der Waals surface area contributed by atoms with E-state index in [2.05, 4.69) is 15.3 Å². The van der Waals surface area contributed by atoms with Crippen LogP contribution in [-0.2, 0) is 19.7 Å². The van der Waals surface area contributed by atoms with E-state index in [1.54, 1.807) is 13.8 Å². The third-order valence-corrected chi connectivity index (χ3v) is 10.4. The van der Waals surface area contributed by atoms with Crippen LogP contribution < -0.4 is 15.4 Å². The highest BCUT2D eigenvalue weighted by atomic mass is 32.2. The van der Waals surface area contributed by atoms with Crippen molar-refractivity contribution in [2.45, 2.75) is 87.3 Å². The maximum Gasteiger partial charge on any atom is 0.305 e. The summed E-state index contributed by atoms with van der Waals surface area (Å²) in [5.41, 5.74) is 7.09. The Bertz CT molecular complexity index is 1410. The van der Waals surface area contributed by atoms with Crippen molar-refractivity contribution >= 4 is 39.3 Å². The number of fused-ring (bicyclic) bond motifs is 1. The van der Waals surface area contributed by atoms with Crippen molar-refractivity contribution in [1.29, 1.82) is 0 Å². The van der Waals surface area contributed by atoms with Crippen LogP contribution in [0.25, 0.3) is 0 Å². The van der Waals surface area contributed by atoms with Gasteiger partial charge < -0.3 is 25.6 Å². The zero-order valence-electron chi connectivity index (χ0n) is 23.5. The van der Waals surface area contributed by atoms with Gasteiger partial charge in [-0.2, -0.15) is 12.7 Å². The monoisotopic (exact) mass is 614 g/mol. The molecule has 2 heterocycles. The first-order valence-corrected chi connectivity index (χ1v) is 15.9. The molecule has 2 saturated carbocycles. The SMILES string of the molecule is CCCSc1nc(N[C@@H]2C[C@H](O)[C@H]3OC(C)(C)O[C@H]32)c(N)c(N([C@@H]2C[C@H]2c2ccc(F)c(F)c2)S(=O)(=O)N(C)C)n1. The highest BCUT2D eigenvalue weighted by Crippen LogP contribution is 2.49. The van der Waals surface area contributed by atoms with Gasteiger partial charge in [-0.15, -0.1) is 0 Å². The largest absolute Gasteiger partial charge is 0.393 e. The van der Waals surface area contributed by atoms with Gasteiger partial charge >= 0.3 is 10.2 Å². The summed E-state index contributed by atoms with van der Waals surface area (Å²) in [6, 6.07) is 2.53. The molecule has 2 aliphatic carbocycles. The summed E-state index contributed by atoms with van der Waals surface area (Å²) >= 11 is 1.35. The van der Waals surface area contributed by atoms with Gasteiger partial charge in [-0.05, 0) is 50.8 Å². The Morgan fingerprint density at radius 1 is 1.17 bits per heavy atom. The predicted molar refractivity (Wildman–Crippen MR) is 152 cm³/mol. The third-order valence-electron chi connectivity index (χ3n) is 7.45. The zero-order valence-corrected chi connectivity index (χ0v) is 25.2. The lowest BCUT2D eigenvalue weighted by molar-refractivity contribution is -0.162. The van der Waals surface area contributed by atoms with Crippen molar-refractivity contribution in [3.05, 3.63) is 35.4 Å². The van der Waals surface area contributed by atoms with Crippen LogP contribution in [-0.4, -0.2) is 83.8 Å². The predicted octanol–water partition coefficient (Wildman–Crippen LogP) is 3.07. The molecule has 1 aromatic heterocycles. The van der Waals surface area contributed by atoms with Crippen molar-refractivity contribution in [2.75, 3.05) is 35.2 Å². The average Bonchev–Trinajstić information content (AvgIpc) is 3.53. The van der Waals surface area contributed by atoms with Crippen LogP contribution in [0.3, 0.4) is 0 Å². The molecule has 11 nitrogen and oxygen atoms in total. The summed E-state index contributed by atoms with van der Waals surface area (Å²) in [6.07, 6.45) is -0.288. The van der Waals surface area contributed by atoms with Crippen molar-refractivity contribution in [3.8, 4) is 0 Å². The van der Waals surface area contributed by atoms with E-state index in [1.165, 1.54) is 31.9 Å². The molecular formula is C26H36F2N6O5S2. The minimum absolute atomic E-state index is 0.00308. The number of nitrogens with two attached hydrogens (primary N) is 1. The molecule has 41 heavy (non-hydrogen) atoms. The highest BCUT2D eigenvalue weighted by Gasteiger charge is 2.54. The number of thioether (sulfide) groups is 1. The topological polar surface area (TPSA) is 143 Å². The minimum atomic E-state index is -4.12. The van der Waals surface area contributed by atoms with Crippen LogP contribution in [0.4, 0.5) is 26.1 Å². The fourth-order valence-electron chi connectivity index (χ4n) is 5.40. The van der Waals surface area contributed by atoms with Crippen LogP contribution in [0, 0.1) is 11.6 Å². The van der Waals surface area contributed by atoms with Crippen LogP contribution in [0.15, 0.2) is 23.4 Å². The Hall–Kier alpha value is -2.30. The molecule has 2 aromatic rings. The number of anilines is 3. The van der Waals surface area contributed by atoms with E-state index >= 15 is 0 Å². The maximum absolute atomic E-state index is 14.0. The normalized spacial score (nSPS) is 28.6. The molecule has 15 heteroatoms. The van der Waals surface area contributed by atoms with Crippen LogP contribution in [0.2, 0.25) is 0 Å². The number of benzene rings is 1. The van der Waals surface area contributed by atoms with Gasteiger partial charge in [-0.1, -0.05) is 24.8 Å². The number of aromatic nitrogens is 2. The standard InChI is InChI=1S/C26H36F2N6O5S2/c1-6-9-40-25-31-23(30-17-12-19(35)22-21(17)38-26(2,3)39-22)20(29)24(32-25)34(41(36,37)33(4)5)18-11-14(18)13-7-8-15(27)16(28)10-13/h7-8,10,14,17-19,21-22,35H,6,9,11-12,29H2,1-5H3,(H,30,31,32)/t14-,17+,18+,19-,21-,22+/m0/s1. The van der Waals surface area contributed by atoms with Crippen LogP contribution >= 0.6 is 11.8 Å². The van der Waals surface area contributed by atoms with Gasteiger partial charge in [0.05, 0.1) is 18.2 Å². The average molecular weight is 615 g/mol. The molecule has 0 spiro atoms. The van der Waals surface area contributed by atoms with Gasteiger partial charge in [0, 0.05) is 25.8 Å². The van der Waals surface area contributed by atoms with E-state index in [0.717, 1.165) is 27.2 Å². The first kappa shape index (κ1) is 30.2.